The Bertz CT molecular complexity index is 722. The molecule has 0 aliphatic rings. The Hall–Kier alpha value is -1.98. The zero-order valence-corrected chi connectivity index (χ0v) is 12.1. The van der Waals surface area contributed by atoms with Crippen LogP contribution in [0.5, 0.6) is 0 Å². The van der Waals surface area contributed by atoms with Crippen molar-refractivity contribution >= 4 is 27.4 Å². The van der Waals surface area contributed by atoms with Crippen LogP contribution >= 0.6 is 11.3 Å². The van der Waals surface area contributed by atoms with Gasteiger partial charge in [0, 0.05) is 20.1 Å². The third-order valence-electron chi connectivity index (χ3n) is 3.33. The minimum Gasteiger partial charge on any atom is -0.354 e. The molecule has 102 valence electrons. The third kappa shape index (κ3) is 2.37. The molecule has 0 amide bonds. The highest BCUT2D eigenvalue weighted by molar-refractivity contribution is 7.17. The molecule has 0 aliphatic heterocycles. The summed E-state index contributed by atoms with van der Waals surface area (Å²) >= 11 is 1.67. The van der Waals surface area contributed by atoms with Gasteiger partial charge < -0.3 is 10.6 Å². The first-order valence-corrected chi connectivity index (χ1v) is 7.33. The molecule has 0 spiro atoms. The molecule has 0 aliphatic carbocycles. The fourth-order valence-corrected chi connectivity index (χ4v) is 3.18. The van der Waals surface area contributed by atoms with Gasteiger partial charge in [-0.3, -0.25) is 0 Å². The van der Waals surface area contributed by atoms with E-state index in [1.807, 2.05) is 23.6 Å². The van der Waals surface area contributed by atoms with E-state index < -0.39 is 0 Å². The normalized spacial score (nSPS) is 10.9. The van der Waals surface area contributed by atoms with Gasteiger partial charge in [-0.2, -0.15) is 0 Å². The molecule has 0 unspecified atom stereocenters. The number of thiophene rings is 1. The van der Waals surface area contributed by atoms with E-state index in [0.717, 1.165) is 22.6 Å². The van der Waals surface area contributed by atoms with Gasteiger partial charge in [0.25, 0.3) is 0 Å². The van der Waals surface area contributed by atoms with Crippen LogP contribution in [-0.4, -0.2) is 17.0 Å². The van der Waals surface area contributed by atoms with Crippen molar-refractivity contribution in [2.75, 3.05) is 11.9 Å². The summed E-state index contributed by atoms with van der Waals surface area (Å²) in [5.41, 5.74) is 9.21. The molecule has 2 aromatic heterocycles. The number of anilines is 1. The molecule has 4 nitrogen and oxygen atoms in total. The molecular weight excluding hydrogens is 268 g/mol. The first-order valence-electron chi connectivity index (χ1n) is 6.46. The second-order valence-electron chi connectivity index (χ2n) is 4.66. The zero-order valence-electron chi connectivity index (χ0n) is 11.3. The van der Waals surface area contributed by atoms with E-state index in [-0.39, 0.29) is 0 Å². The van der Waals surface area contributed by atoms with Crippen LogP contribution in [0.2, 0.25) is 0 Å². The number of rotatable bonds is 4. The minimum atomic E-state index is 0.558. The second kappa shape index (κ2) is 5.56. The molecule has 20 heavy (non-hydrogen) atoms. The Labute approximate surface area is 121 Å². The lowest BCUT2D eigenvalue weighted by Gasteiger charge is -2.20. The summed E-state index contributed by atoms with van der Waals surface area (Å²) in [6.45, 7) is 1.35. The molecule has 1 aromatic carbocycles. The molecule has 2 N–H and O–H groups in total. The van der Waals surface area contributed by atoms with Crippen LogP contribution in [0, 0.1) is 0 Å². The first-order chi connectivity index (χ1) is 9.79. The van der Waals surface area contributed by atoms with Crippen LogP contribution in [0.15, 0.2) is 42.0 Å². The van der Waals surface area contributed by atoms with Crippen molar-refractivity contribution in [3.05, 3.63) is 53.2 Å². The molecule has 0 radical (unpaired) electrons. The van der Waals surface area contributed by atoms with E-state index in [4.69, 9.17) is 5.73 Å². The van der Waals surface area contributed by atoms with E-state index in [0.29, 0.717) is 6.54 Å². The fourth-order valence-electron chi connectivity index (χ4n) is 2.29. The second-order valence-corrected chi connectivity index (χ2v) is 5.58. The summed E-state index contributed by atoms with van der Waals surface area (Å²) in [7, 11) is 2.05. The highest BCUT2D eigenvalue weighted by Gasteiger charge is 2.11. The van der Waals surface area contributed by atoms with Gasteiger partial charge in [0.15, 0.2) is 0 Å². The molecule has 0 bridgehead atoms. The summed E-state index contributed by atoms with van der Waals surface area (Å²) < 4.78 is 1.13. The Kier molecular flexibility index (Phi) is 3.62. The topological polar surface area (TPSA) is 55.0 Å². The average Bonchev–Trinajstić information content (AvgIpc) is 2.96. The van der Waals surface area contributed by atoms with Crippen LogP contribution in [0.1, 0.15) is 11.1 Å². The molecule has 0 saturated heterocycles. The van der Waals surface area contributed by atoms with Crippen LogP contribution in [0.4, 0.5) is 5.82 Å². The van der Waals surface area contributed by atoms with Crippen molar-refractivity contribution in [3.8, 4) is 0 Å². The Morgan fingerprint density at radius 1 is 1.15 bits per heavy atom. The Balaban J connectivity index is 1.93. The van der Waals surface area contributed by atoms with Crippen molar-refractivity contribution in [1.82, 2.24) is 9.97 Å². The maximum Gasteiger partial charge on any atom is 0.150 e. The molecule has 2 heterocycles. The SMILES string of the molecule is CN(Cc1ccccc1CN)c1ncnc2ccsc12. The zero-order chi connectivity index (χ0) is 13.9. The largest absolute Gasteiger partial charge is 0.354 e. The monoisotopic (exact) mass is 284 g/mol. The lowest BCUT2D eigenvalue weighted by atomic mass is 10.1. The number of nitrogens with two attached hydrogens (primary N) is 1. The van der Waals surface area contributed by atoms with Crippen molar-refractivity contribution in [2.24, 2.45) is 5.73 Å². The smallest absolute Gasteiger partial charge is 0.150 e. The average molecular weight is 284 g/mol. The minimum absolute atomic E-state index is 0.558. The standard InChI is InChI=1S/C15H16N4S/c1-19(9-12-5-3-2-4-11(12)8-16)15-14-13(6-7-20-14)17-10-18-15/h2-7,10H,8-9,16H2,1H3. The van der Waals surface area contributed by atoms with Gasteiger partial charge in [-0.1, -0.05) is 24.3 Å². The number of fused-ring (bicyclic) bond motifs is 1. The fraction of sp³-hybridized carbons (Fsp3) is 0.200. The predicted octanol–water partition coefficient (Wildman–Crippen LogP) is 2.79. The molecule has 0 atom stereocenters. The Morgan fingerprint density at radius 2 is 1.95 bits per heavy atom. The van der Waals surface area contributed by atoms with Gasteiger partial charge in [0.2, 0.25) is 0 Å². The van der Waals surface area contributed by atoms with Gasteiger partial charge >= 0.3 is 0 Å². The van der Waals surface area contributed by atoms with Gasteiger partial charge in [-0.05, 0) is 22.6 Å². The van der Waals surface area contributed by atoms with Crippen molar-refractivity contribution in [2.45, 2.75) is 13.1 Å². The van der Waals surface area contributed by atoms with Gasteiger partial charge in [0.1, 0.15) is 12.1 Å². The molecule has 0 saturated carbocycles. The molecule has 3 aromatic rings. The van der Waals surface area contributed by atoms with Gasteiger partial charge in [0.05, 0.1) is 10.2 Å². The molecule has 3 rings (SSSR count). The summed E-state index contributed by atoms with van der Waals surface area (Å²) in [6, 6.07) is 10.3. The highest BCUT2D eigenvalue weighted by atomic mass is 32.1. The summed E-state index contributed by atoms with van der Waals surface area (Å²) in [5, 5.41) is 2.05. The van der Waals surface area contributed by atoms with Gasteiger partial charge in [-0.15, -0.1) is 11.3 Å². The number of aromatic nitrogens is 2. The number of benzene rings is 1. The van der Waals surface area contributed by atoms with Crippen LogP contribution in [0.25, 0.3) is 10.2 Å². The van der Waals surface area contributed by atoms with E-state index >= 15 is 0 Å². The van der Waals surface area contributed by atoms with E-state index in [1.54, 1.807) is 17.7 Å². The maximum atomic E-state index is 5.80. The lowest BCUT2D eigenvalue weighted by Crippen LogP contribution is -2.19. The predicted molar refractivity (Wildman–Crippen MR) is 83.9 cm³/mol. The molecule has 0 fully saturated rings. The summed E-state index contributed by atoms with van der Waals surface area (Å²) in [4.78, 5) is 10.9. The van der Waals surface area contributed by atoms with Crippen molar-refractivity contribution in [1.29, 1.82) is 0 Å². The van der Waals surface area contributed by atoms with Gasteiger partial charge in [-0.25, -0.2) is 9.97 Å². The third-order valence-corrected chi connectivity index (χ3v) is 4.23. The molecular formula is C15H16N4S. The van der Waals surface area contributed by atoms with E-state index in [2.05, 4.69) is 34.0 Å². The van der Waals surface area contributed by atoms with E-state index in [9.17, 15) is 0 Å². The molecule has 5 heteroatoms. The number of nitrogens with zero attached hydrogens (tertiary/aromatic N) is 3. The first kappa shape index (κ1) is 13.0. The Morgan fingerprint density at radius 3 is 2.75 bits per heavy atom. The summed E-state index contributed by atoms with van der Waals surface area (Å²) in [5.74, 6) is 0.969. The summed E-state index contributed by atoms with van der Waals surface area (Å²) in [6.07, 6.45) is 1.62. The van der Waals surface area contributed by atoms with E-state index in [1.165, 1.54) is 11.1 Å². The van der Waals surface area contributed by atoms with Crippen LogP contribution < -0.4 is 10.6 Å². The number of hydrogen-bond acceptors (Lipinski definition) is 5. The number of hydrogen-bond donors (Lipinski definition) is 1. The van der Waals surface area contributed by atoms with Crippen LogP contribution in [0.3, 0.4) is 0 Å². The lowest BCUT2D eigenvalue weighted by molar-refractivity contribution is 0.879. The quantitative estimate of drug-likeness (QED) is 0.800. The van der Waals surface area contributed by atoms with Crippen LogP contribution in [-0.2, 0) is 13.1 Å². The maximum absolute atomic E-state index is 5.80. The van der Waals surface area contributed by atoms with Crippen molar-refractivity contribution < 1.29 is 0 Å². The van der Waals surface area contributed by atoms with Crippen molar-refractivity contribution in [3.63, 3.8) is 0 Å². The highest BCUT2D eigenvalue weighted by Crippen LogP contribution is 2.28.